The molecular weight excluding hydrogens is 394 g/mol. The minimum Gasteiger partial charge on any atom is -0.486 e. The Balaban J connectivity index is 1.48. The molecule has 1 aliphatic carbocycles. The first kappa shape index (κ1) is 20.7. The van der Waals surface area contributed by atoms with Crippen LogP contribution in [0.25, 0.3) is 5.69 Å². The molecule has 6 heteroatoms. The van der Waals surface area contributed by atoms with Gasteiger partial charge >= 0.3 is 0 Å². The Morgan fingerprint density at radius 3 is 2.47 bits per heavy atom. The highest BCUT2D eigenvalue weighted by atomic mass is 32.2. The fraction of sp³-hybridized carbons (Fsp3) is 0.375. The van der Waals surface area contributed by atoms with Crippen LogP contribution in [0.5, 0.6) is 5.75 Å². The van der Waals surface area contributed by atoms with E-state index in [1.807, 2.05) is 34.9 Å². The molecule has 156 valence electrons. The molecule has 0 N–H and O–H groups in total. The van der Waals surface area contributed by atoms with Crippen LogP contribution in [0.4, 0.5) is 0 Å². The summed E-state index contributed by atoms with van der Waals surface area (Å²) in [4.78, 5) is 11.4. The van der Waals surface area contributed by atoms with Crippen molar-refractivity contribution in [3.8, 4) is 11.4 Å². The van der Waals surface area contributed by atoms with Crippen molar-refractivity contribution in [2.24, 2.45) is 0 Å². The lowest BCUT2D eigenvalue weighted by molar-refractivity contribution is -0.114. The van der Waals surface area contributed by atoms with Gasteiger partial charge in [0.15, 0.2) is 11.0 Å². The molecular formula is C24H27N3O2S. The Hall–Kier alpha value is -2.60. The maximum absolute atomic E-state index is 11.4. The van der Waals surface area contributed by atoms with Crippen LogP contribution < -0.4 is 4.74 Å². The molecule has 1 aliphatic rings. The topological polar surface area (TPSA) is 57.0 Å². The lowest BCUT2D eigenvalue weighted by atomic mass is 9.84. The fourth-order valence-electron chi connectivity index (χ4n) is 3.91. The van der Waals surface area contributed by atoms with Gasteiger partial charge in [0.25, 0.3) is 0 Å². The third kappa shape index (κ3) is 5.11. The van der Waals surface area contributed by atoms with E-state index in [2.05, 4.69) is 34.5 Å². The Kier molecular flexibility index (Phi) is 6.84. The molecule has 4 rings (SSSR count). The Labute approximate surface area is 181 Å². The van der Waals surface area contributed by atoms with Crippen molar-refractivity contribution in [1.82, 2.24) is 14.8 Å². The summed E-state index contributed by atoms with van der Waals surface area (Å²) in [6, 6.07) is 18.4. The number of nitrogens with zero attached hydrogens (tertiary/aromatic N) is 3. The van der Waals surface area contributed by atoms with E-state index < -0.39 is 0 Å². The highest BCUT2D eigenvalue weighted by Crippen LogP contribution is 2.33. The molecule has 2 aromatic carbocycles. The van der Waals surface area contributed by atoms with Gasteiger partial charge in [0.2, 0.25) is 0 Å². The average Bonchev–Trinajstić information content (AvgIpc) is 3.20. The number of benzene rings is 2. The average molecular weight is 422 g/mol. The smallest absolute Gasteiger partial charge is 0.196 e. The standard InChI is InChI=1S/C24H27N3O2S/c1-18(28)17-30-24-26-25-23(27(24)21-10-6-3-7-11-21)16-29-22-14-12-20(13-15-22)19-8-4-2-5-9-19/h3,6-7,10-15,19H,2,4-5,8-9,16-17H2,1H3. The SMILES string of the molecule is CC(=O)CSc1nnc(COc2ccc(C3CCCCC3)cc2)n1-c1ccccc1. The lowest BCUT2D eigenvalue weighted by Crippen LogP contribution is -2.07. The van der Waals surface area contributed by atoms with Crippen LogP contribution in [0.1, 0.15) is 56.3 Å². The normalized spacial score (nSPS) is 14.6. The molecule has 1 heterocycles. The van der Waals surface area contributed by atoms with Gasteiger partial charge in [-0.05, 0) is 55.5 Å². The predicted molar refractivity (Wildman–Crippen MR) is 119 cm³/mol. The third-order valence-corrected chi connectivity index (χ3v) is 6.52. The summed E-state index contributed by atoms with van der Waals surface area (Å²) in [7, 11) is 0. The van der Waals surface area contributed by atoms with Crippen LogP contribution in [0.3, 0.4) is 0 Å². The van der Waals surface area contributed by atoms with Crippen LogP contribution in [-0.2, 0) is 11.4 Å². The first-order valence-electron chi connectivity index (χ1n) is 10.6. The Morgan fingerprint density at radius 2 is 1.77 bits per heavy atom. The number of carbonyl (C=O) groups excluding carboxylic acids is 1. The molecule has 0 spiro atoms. The second kappa shape index (κ2) is 9.94. The first-order chi connectivity index (χ1) is 14.7. The molecule has 0 unspecified atom stereocenters. The van der Waals surface area contributed by atoms with E-state index in [1.54, 1.807) is 6.92 Å². The van der Waals surface area contributed by atoms with E-state index in [1.165, 1.54) is 49.4 Å². The van der Waals surface area contributed by atoms with Crippen molar-refractivity contribution < 1.29 is 9.53 Å². The Morgan fingerprint density at radius 1 is 1.03 bits per heavy atom. The summed E-state index contributed by atoms with van der Waals surface area (Å²) in [6.45, 7) is 1.89. The zero-order valence-corrected chi connectivity index (χ0v) is 18.1. The zero-order valence-electron chi connectivity index (χ0n) is 17.3. The molecule has 5 nitrogen and oxygen atoms in total. The number of Topliss-reactive ketones (excluding diaryl/α,β-unsaturated/α-hetero) is 1. The second-order valence-electron chi connectivity index (χ2n) is 7.75. The second-order valence-corrected chi connectivity index (χ2v) is 8.70. The Bertz CT molecular complexity index is 964. The molecule has 1 fully saturated rings. The van der Waals surface area contributed by atoms with Crippen LogP contribution in [0.2, 0.25) is 0 Å². The number of hydrogen-bond acceptors (Lipinski definition) is 5. The summed E-state index contributed by atoms with van der Waals surface area (Å²) >= 11 is 1.39. The molecule has 0 radical (unpaired) electrons. The van der Waals surface area contributed by atoms with Crippen LogP contribution in [0, 0.1) is 0 Å². The number of aromatic nitrogens is 3. The number of ketones is 1. The van der Waals surface area contributed by atoms with Crippen LogP contribution in [0.15, 0.2) is 59.8 Å². The number of para-hydroxylation sites is 1. The largest absolute Gasteiger partial charge is 0.486 e. The van der Waals surface area contributed by atoms with Gasteiger partial charge in [0, 0.05) is 5.69 Å². The summed E-state index contributed by atoms with van der Waals surface area (Å²) in [5.41, 5.74) is 2.37. The number of carbonyl (C=O) groups is 1. The molecule has 0 amide bonds. The van der Waals surface area contributed by atoms with Crippen molar-refractivity contribution in [3.63, 3.8) is 0 Å². The molecule has 1 saturated carbocycles. The fourth-order valence-corrected chi connectivity index (χ4v) is 4.68. The monoisotopic (exact) mass is 421 g/mol. The molecule has 3 aromatic rings. The van der Waals surface area contributed by atoms with Gasteiger partial charge in [-0.15, -0.1) is 10.2 Å². The van der Waals surface area contributed by atoms with Gasteiger partial charge in [-0.25, -0.2) is 0 Å². The van der Waals surface area contributed by atoms with E-state index in [0.717, 1.165) is 11.4 Å². The number of rotatable bonds is 8. The summed E-state index contributed by atoms with van der Waals surface area (Å²) < 4.78 is 8.00. The van der Waals surface area contributed by atoms with E-state index >= 15 is 0 Å². The first-order valence-corrected chi connectivity index (χ1v) is 11.5. The van der Waals surface area contributed by atoms with Crippen molar-refractivity contribution in [2.45, 2.75) is 56.7 Å². The van der Waals surface area contributed by atoms with E-state index in [0.29, 0.717) is 29.3 Å². The van der Waals surface area contributed by atoms with Gasteiger partial charge in [0.1, 0.15) is 18.1 Å². The van der Waals surface area contributed by atoms with Crippen LogP contribution >= 0.6 is 11.8 Å². The van der Waals surface area contributed by atoms with Crippen LogP contribution in [-0.4, -0.2) is 26.3 Å². The summed E-state index contributed by atoms with van der Waals surface area (Å²) in [6.07, 6.45) is 6.62. The van der Waals surface area contributed by atoms with E-state index in [4.69, 9.17) is 4.74 Å². The number of hydrogen-bond donors (Lipinski definition) is 0. The minimum atomic E-state index is 0.110. The van der Waals surface area contributed by atoms with Gasteiger partial charge in [-0.1, -0.05) is 61.4 Å². The summed E-state index contributed by atoms with van der Waals surface area (Å²) in [5.74, 6) is 2.71. The maximum atomic E-state index is 11.4. The van der Waals surface area contributed by atoms with Gasteiger partial charge in [-0.3, -0.25) is 9.36 Å². The third-order valence-electron chi connectivity index (χ3n) is 5.44. The molecule has 30 heavy (non-hydrogen) atoms. The number of thioether (sulfide) groups is 1. The quantitative estimate of drug-likeness (QED) is 0.445. The lowest BCUT2D eigenvalue weighted by Gasteiger charge is -2.22. The van der Waals surface area contributed by atoms with E-state index in [-0.39, 0.29) is 5.78 Å². The number of ether oxygens (including phenoxy) is 1. The van der Waals surface area contributed by atoms with Gasteiger partial charge in [-0.2, -0.15) is 0 Å². The molecule has 0 aliphatic heterocycles. The molecule has 1 aromatic heterocycles. The highest BCUT2D eigenvalue weighted by Gasteiger charge is 2.17. The van der Waals surface area contributed by atoms with Crippen molar-refractivity contribution in [1.29, 1.82) is 0 Å². The van der Waals surface area contributed by atoms with Crippen molar-refractivity contribution >= 4 is 17.5 Å². The summed E-state index contributed by atoms with van der Waals surface area (Å²) in [5, 5.41) is 9.33. The van der Waals surface area contributed by atoms with Crippen molar-refractivity contribution in [2.75, 3.05) is 5.75 Å². The van der Waals surface area contributed by atoms with Gasteiger partial charge < -0.3 is 4.74 Å². The molecule has 0 atom stereocenters. The van der Waals surface area contributed by atoms with Gasteiger partial charge in [0.05, 0.1) is 5.75 Å². The zero-order chi connectivity index (χ0) is 20.8. The maximum Gasteiger partial charge on any atom is 0.196 e. The minimum absolute atomic E-state index is 0.110. The molecule has 0 saturated heterocycles. The highest BCUT2D eigenvalue weighted by molar-refractivity contribution is 7.99. The van der Waals surface area contributed by atoms with E-state index in [9.17, 15) is 4.79 Å². The van der Waals surface area contributed by atoms with Crippen molar-refractivity contribution in [3.05, 3.63) is 66.0 Å². The molecule has 0 bridgehead atoms. The predicted octanol–water partition coefficient (Wildman–Crippen LogP) is 5.58.